The first-order chi connectivity index (χ1) is 9.70. The van der Waals surface area contributed by atoms with Gasteiger partial charge in [-0.15, -0.1) is 0 Å². The van der Waals surface area contributed by atoms with E-state index in [1.54, 1.807) is 4.90 Å². The molecule has 1 unspecified atom stereocenters. The normalized spacial score (nSPS) is 19.6. The molecule has 1 heterocycles. The van der Waals surface area contributed by atoms with Crippen molar-refractivity contribution in [3.8, 4) is 0 Å². The van der Waals surface area contributed by atoms with Gasteiger partial charge in [0.25, 0.3) is 15.0 Å². The molecule has 4 nitrogen and oxygen atoms in total. The van der Waals surface area contributed by atoms with E-state index in [9.17, 15) is 17.6 Å². The topological polar surface area (TPSA) is 54.5 Å². The van der Waals surface area contributed by atoms with Crippen molar-refractivity contribution in [2.75, 3.05) is 13.1 Å². The van der Waals surface area contributed by atoms with E-state index in [-0.39, 0.29) is 21.9 Å². The van der Waals surface area contributed by atoms with E-state index in [0.29, 0.717) is 19.0 Å². The summed E-state index contributed by atoms with van der Waals surface area (Å²) in [5.74, 6) is -0.749. The highest BCUT2D eigenvalue weighted by Gasteiger charge is 2.26. The lowest BCUT2D eigenvalue weighted by Crippen LogP contribution is -2.39. The van der Waals surface area contributed by atoms with Crippen LogP contribution in [0.4, 0.5) is 4.39 Å². The van der Waals surface area contributed by atoms with Gasteiger partial charge < -0.3 is 4.90 Å². The van der Waals surface area contributed by atoms with Gasteiger partial charge >= 0.3 is 0 Å². The molecule has 1 aliphatic rings. The number of carbonyl (C=O) groups excluding carboxylic acids is 1. The molecular formula is C14H17ClFNO3S. The third-order valence-electron chi connectivity index (χ3n) is 3.76. The van der Waals surface area contributed by atoms with Gasteiger partial charge in [-0.2, -0.15) is 0 Å². The van der Waals surface area contributed by atoms with Crippen LogP contribution in [0, 0.1) is 18.7 Å². The summed E-state index contributed by atoms with van der Waals surface area (Å²) in [6.07, 6.45) is 1.94. The molecule has 1 saturated heterocycles. The van der Waals surface area contributed by atoms with E-state index in [0.717, 1.165) is 25.0 Å². The van der Waals surface area contributed by atoms with Crippen LogP contribution in [0.1, 0.15) is 35.7 Å². The molecule has 21 heavy (non-hydrogen) atoms. The Hall–Kier alpha value is -1.14. The zero-order chi connectivity index (χ0) is 15.8. The molecule has 0 aliphatic carbocycles. The second kappa shape index (κ2) is 5.93. The summed E-state index contributed by atoms with van der Waals surface area (Å²) in [5.41, 5.74) is 0.248. The molecule has 1 fully saturated rings. The molecule has 116 valence electrons. The molecule has 0 aromatic heterocycles. The number of nitrogens with zero attached hydrogens (tertiary/aromatic N) is 1. The molecule has 0 N–H and O–H groups in total. The molecule has 0 radical (unpaired) electrons. The molecule has 7 heteroatoms. The lowest BCUT2D eigenvalue weighted by molar-refractivity contribution is 0.0681. The minimum atomic E-state index is -4.09. The molecule has 1 aromatic carbocycles. The first kappa shape index (κ1) is 16.2. The Balaban J connectivity index is 2.44. The summed E-state index contributed by atoms with van der Waals surface area (Å²) < 4.78 is 36.6. The second-order valence-electron chi connectivity index (χ2n) is 5.51. The van der Waals surface area contributed by atoms with Crippen molar-refractivity contribution in [1.82, 2.24) is 4.90 Å². The Bertz CT molecular complexity index is 675. The van der Waals surface area contributed by atoms with Gasteiger partial charge in [-0.3, -0.25) is 4.79 Å². The van der Waals surface area contributed by atoms with Crippen LogP contribution in [-0.2, 0) is 9.05 Å². The van der Waals surface area contributed by atoms with Crippen molar-refractivity contribution in [1.29, 1.82) is 0 Å². The second-order valence-corrected chi connectivity index (χ2v) is 8.05. The standard InChI is InChI=1S/C14H17ClFNO3S/c1-9-4-3-5-17(8-9)14(18)12-6-11(16)7-13(10(12)2)21(15,19)20/h6-7,9H,3-5,8H2,1-2H3. The van der Waals surface area contributed by atoms with Crippen molar-refractivity contribution in [2.24, 2.45) is 5.92 Å². The largest absolute Gasteiger partial charge is 0.338 e. The molecule has 1 atom stereocenters. The van der Waals surface area contributed by atoms with Crippen LogP contribution < -0.4 is 0 Å². The van der Waals surface area contributed by atoms with Crippen LogP contribution in [0.3, 0.4) is 0 Å². The fourth-order valence-corrected chi connectivity index (χ4v) is 3.88. The molecule has 1 amide bonds. The number of amides is 1. The van der Waals surface area contributed by atoms with Gasteiger partial charge in [-0.05, 0) is 43.4 Å². The van der Waals surface area contributed by atoms with E-state index in [1.807, 2.05) is 6.92 Å². The minimum absolute atomic E-state index is 0.0586. The Labute approximate surface area is 128 Å². The average Bonchev–Trinajstić information content (AvgIpc) is 2.39. The zero-order valence-corrected chi connectivity index (χ0v) is 13.5. The predicted octanol–water partition coefficient (Wildman–Crippen LogP) is 2.93. The average molecular weight is 334 g/mol. The third-order valence-corrected chi connectivity index (χ3v) is 5.21. The van der Waals surface area contributed by atoms with Crippen molar-refractivity contribution >= 4 is 25.6 Å². The molecule has 1 aliphatic heterocycles. The number of carbonyl (C=O) groups is 1. The van der Waals surface area contributed by atoms with Gasteiger partial charge in [0, 0.05) is 29.3 Å². The van der Waals surface area contributed by atoms with Gasteiger partial charge in [-0.1, -0.05) is 6.92 Å². The van der Waals surface area contributed by atoms with Crippen molar-refractivity contribution < 1.29 is 17.6 Å². The number of benzene rings is 1. The Morgan fingerprint density at radius 1 is 1.43 bits per heavy atom. The Kier molecular flexibility index (Phi) is 4.58. The number of hydrogen-bond donors (Lipinski definition) is 0. The van der Waals surface area contributed by atoms with Gasteiger partial charge in [-0.25, -0.2) is 12.8 Å². The Morgan fingerprint density at radius 2 is 2.10 bits per heavy atom. The van der Waals surface area contributed by atoms with Gasteiger partial charge in [0.2, 0.25) is 0 Å². The van der Waals surface area contributed by atoms with E-state index >= 15 is 0 Å². The summed E-state index contributed by atoms with van der Waals surface area (Å²) in [6, 6.07) is 1.91. The van der Waals surface area contributed by atoms with E-state index in [4.69, 9.17) is 10.7 Å². The zero-order valence-electron chi connectivity index (χ0n) is 11.9. The van der Waals surface area contributed by atoms with E-state index in [1.165, 1.54) is 6.92 Å². The lowest BCUT2D eigenvalue weighted by Gasteiger charge is -2.31. The van der Waals surface area contributed by atoms with Crippen molar-refractivity contribution in [3.05, 3.63) is 29.1 Å². The Morgan fingerprint density at radius 3 is 2.67 bits per heavy atom. The van der Waals surface area contributed by atoms with E-state index < -0.39 is 14.9 Å². The molecule has 0 spiro atoms. The third kappa shape index (κ3) is 3.55. The number of halogens is 2. The monoisotopic (exact) mass is 333 g/mol. The van der Waals surface area contributed by atoms with Crippen LogP contribution in [0.5, 0.6) is 0 Å². The van der Waals surface area contributed by atoms with Crippen LogP contribution >= 0.6 is 10.7 Å². The smallest absolute Gasteiger partial charge is 0.261 e. The first-order valence-corrected chi connectivity index (χ1v) is 9.05. The van der Waals surface area contributed by atoms with Gasteiger partial charge in [0.05, 0.1) is 4.90 Å². The summed E-state index contributed by atoms with van der Waals surface area (Å²) >= 11 is 0. The highest BCUT2D eigenvalue weighted by Crippen LogP contribution is 2.26. The fourth-order valence-electron chi connectivity index (χ4n) is 2.67. The molecule has 0 bridgehead atoms. The molecule has 0 saturated carbocycles. The number of rotatable bonds is 2. The van der Waals surface area contributed by atoms with Crippen LogP contribution in [0.15, 0.2) is 17.0 Å². The van der Waals surface area contributed by atoms with Gasteiger partial charge in [0.15, 0.2) is 0 Å². The quantitative estimate of drug-likeness (QED) is 0.782. The number of hydrogen-bond acceptors (Lipinski definition) is 3. The molecule has 2 rings (SSSR count). The number of piperidine rings is 1. The highest BCUT2D eigenvalue weighted by atomic mass is 35.7. The first-order valence-electron chi connectivity index (χ1n) is 6.74. The number of likely N-dealkylation sites (tertiary alicyclic amines) is 1. The van der Waals surface area contributed by atoms with Gasteiger partial charge in [0.1, 0.15) is 5.82 Å². The van der Waals surface area contributed by atoms with E-state index in [2.05, 4.69) is 0 Å². The highest BCUT2D eigenvalue weighted by molar-refractivity contribution is 8.13. The summed E-state index contributed by atoms with van der Waals surface area (Å²) in [7, 11) is 1.21. The van der Waals surface area contributed by atoms with Crippen LogP contribution in [-0.4, -0.2) is 32.3 Å². The SMILES string of the molecule is Cc1c(C(=O)N2CCCC(C)C2)cc(F)cc1S(=O)(=O)Cl. The van der Waals surface area contributed by atoms with Crippen LogP contribution in [0.2, 0.25) is 0 Å². The summed E-state index contributed by atoms with van der Waals surface area (Å²) in [6.45, 7) is 4.71. The maximum absolute atomic E-state index is 13.6. The van der Waals surface area contributed by atoms with Crippen LogP contribution in [0.25, 0.3) is 0 Å². The predicted molar refractivity (Wildman–Crippen MR) is 78.5 cm³/mol. The molecule has 1 aromatic rings. The fraction of sp³-hybridized carbons (Fsp3) is 0.500. The van der Waals surface area contributed by atoms with Crippen molar-refractivity contribution in [2.45, 2.75) is 31.6 Å². The summed E-state index contributed by atoms with van der Waals surface area (Å²) in [4.78, 5) is 13.8. The van der Waals surface area contributed by atoms with Crippen molar-refractivity contribution in [3.63, 3.8) is 0 Å². The lowest BCUT2D eigenvalue weighted by atomic mass is 9.98. The minimum Gasteiger partial charge on any atom is -0.338 e. The maximum atomic E-state index is 13.6. The molecular weight excluding hydrogens is 317 g/mol. The maximum Gasteiger partial charge on any atom is 0.261 e. The summed E-state index contributed by atoms with van der Waals surface area (Å²) in [5, 5.41) is 0.